The number of hydrogen-bond donors (Lipinski definition) is 2. The van der Waals surface area contributed by atoms with Gasteiger partial charge in [0.25, 0.3) is 0 Å². The molecule has 10 heteroatoms. The van der Waals surface area contributed by atoms with E-state index in [0.29, 0.717) is 23.9 Å². The topological polar surface area (TPSA) is 111 Å². The lowest BCUT2D eigenvalue weighted by molar-refractivity contribution is -0.870. The van der Waals surface area contributed by atoms with Gasteiger partial charge in [-0.1, -0.05) is 261 Å². The van der Waals surface area contributed by atoms with Crippen molar-refractivity contribution in [2.75, 3.05) is 40.9 Å². The van der Waals surface area contributed by atoms with Crippen molar-refractivity contribution in [3.63, 3.8) is 0 Å². The van der Waals surface area contributed by atoms with E-state index >= 15 is 0 Å². The highest BCUT2D eigenvalue weighted by molar-refractivity contribution is 7.47. The molecule has 0 aromatic carbocycles. The number of likely N-dealkylation sites (N-methyl/N-ethyl adjacent to an activating group) is 1. The normalized spacial score (nSPS) is 14.2. The molecule has 0 radical (unpaired) electrons. The van der Waals surface area contributed by atoms with E-state index in [0.717, 1.165) is 103 Å². The third kappa shape index (κ3) is 56.0. The predicted octanol–water partition coefficient (Wildman–Crippen LogP) is 19.2. The van der Waals surface area contributed by atoms with Crippen molar-refractivity contribution in [1.82, 2.24) is 5.32 Å². The van der Waals surface area contributed by atoms with E-state index in [1.807, 2.05) is 33.3 Å². The third-order valence-corrected chi connectivity index (χ3v) is 14.6. The Hall–Kier alpha value is -2.55. The van der Waals surface area contributed by atoms with Gasteiger partial charge in [0, 0.05) is 12.8 Å². The lowest BCUT2D eigenvalue weighted by atomic mass is 10.0. The molecule has 0 aliphatic carbocycles. The number of rotatable bonds is 56. The van der Waals surface area contributed by atoms with Crippen molar-refractivity contribution >= 4 is 19.7 Å². The number of nitrogens with zero attached hydrogens (tertiary/aromatic N) is 1. The Kier molecular flexibility index (Phi) is 52.9. The zero-order valence-corrected chi connectivity index (χ0v) is 50.7. The van der Waals surface area contributed by atoms with Crippen LogP contribution in [0.4, 0.5) is 0 Å². The molecule has 0 aliphatic rings. The maximum Gasteiger partial charge on any atom is 0.472 e. The first-order valence-electron chi connectivity index (χ1n) is 31.3. The maximum atomic E-state index is 13.5. The molecule has 0 aliphatic heterocycles. The molecule has 0 fully saturated rings. The number of phosphoric acid groups is 1. The first kappa shape index (κ1) is 72.5. The minimum atomic E-state index is -4.45. The smallest absolute Gasteiger partial charge is 0.456 e. The first-order valence-corrected chi connectivity index (χ1v) is 32.8. The molecule has 0 saturated heterocycles. The first-order chi connectivity index (χ1) is 36.4. The Morgan fingerprint density at radius 1 is 0.480 bits per heavy atom. The fraction of sp³-hybridized carbons (Fsp3) is 0.785. The van der Waals surface area contributed by atoms with Crippen LogP contribution in [0, 0.1) is 0 Å². The average Bonchev–Trinajstić information content (AvgIpc) is 3.37. The summed E-state index contributed by atoms with van der Waals surface area (Å²) in [5.41, 5.74) is 0. The molecule has 0 spiro atoms. The van der Waals surface area contributed by atoms with E-state index in [4.69, 9.17) is 13.8 Å². The van der Waals surface area contributed by atoms with Gasteiger partial charge in [-0.25, -0.2) is 4.57 Å². The summed E-state index contributed by atoms with van der Waals surface area (Å²) in [5, 5.41) is 3.05. The molecule has 2 N–H and O–H groups in total. The molecule has 0 saturated carbocycles. The molecule has 9 nitrogen and oxygen atoms in total. The number of hydrogen-bond acceptors (Lipinski definition) is 6. The van der Waals surface area contributed by atoms with E-state index < -0.39 is 20.0 Å². The highest BCUT2D eigenvalue weighted by Gasteiger charge is 2.30. The number of nitrogens with one attached hydrogen (secondary N) is 1. The quantitative estimate of drug-likeness (QED) is 0.0205. The second-order valence-corrected chi connectivity index (χ2v) is 23.7. The van der Waals surface area contributed by atoms with Gasteiger partial charge >= 0.3 is 13.8 Å². The summed E-state index contributed by atoms with van der Waals surface area (Å²) in [6, 6.07) is -0.854. The van der Waals surface area contributed by atoms with Crippen LogP contribution in [0.25, 0.3) is 0 Å². The number of unbranched alkanes of at least 4 members (excludes halogenated alkanes) is 30. The van der Waals surface area contributed by atoms with Gasteiger partial charge in [-0.3, -0.25) is 18.6 Å². The van der Waals surface area contributed by atoms with E-state index in [9.17, 15) is 19.0 Å². The molecular weight excluding hydrogens is 952 g/mol. The highest BCUT2D eigenvalue weighted by atomic mass is 31.2. The summed E-state index contributed by atoms with van der Waals surface area (Å²) in [5.74, 6) is -0.512. The Morgan fingerprint density at radius 3 is 1.28 bits per heavy atom. The second kappa shape index (κ2) is 54.8. The molecular formula is C65H120N2O7P+. The Morgan fingerprint density at radius 2 is 0.853 bits per heavy atom. The van der Waals surface area contributed by atoms with Crippen LogP contribution in [0.3, 0.4) is 0 Å². The fourth-order valence-corrected chi connectivity index (χ4v) is 9.59. The van der Waals surface area contributed by atoms with Crippen LogP contribution in [-0.4, -0.2) is 74.3 Å². The number of ether oxygens (including phenoxy) is 1. The van der Waals surface area contributed by atoms with Crippen molar-refractivity contribution in [2.24, 2.45) is 0 Å². The van der Waals surface area contributed by atoms with Crippen LogP contribution in [-0.2, 0) is 27.9 Å². The molecule has 1 amide bonds. The van der Waals surface area contributed by atoms with Crippen LogP contribution >= 0.6 is 7.82 Å². The SMILES string of the molecule is CC/C=C\C/C=C\C/C=C\C/C=C\C/C=C\CCCCCCCCCC(=O)NC(COP(=O)(O)OCC[N+](C)(C)C)C(/C=C\CCCCCCCCCCCC)OC(=O)CCCCCCCCCCCCCCCC. The van der Waals surface area contributed by atoms with E-state index in [1.165, 1.54) is 141 Å². The van der Waals surface area contributed by atoms with Crippen LogP contribution in [0.15, 0.2) is 72.9 Å². The lowest BCUT2D eigenvalue weighted by Crippen LogP contribution is -2.47. The van der Waals surface area contributed by atoms with Gasteiger partial charge in [0.05, 0.1) is 33.8 Å². The van der Waals surface area contributed by atoms with E-state index in [2.05, 4.69) is 86.8 Å². The van der Waals surface area contributed by atoms with Crippen molar-refractivity contribution < 1.29 is 37.3 Å². The number of phosphoric ester groups is 1. The predicted molar refractivity (Wildman–Crippen MR) is 323 cm³/mol. The maximum absolute atomic E-state index is 13.5. The molecule has 0 aromatic rings. The standard InChI is InChI=1S/C65H119N2O7P/c1-7-10-13-16-19-22-25-28-30-31-32-33-34-35-36-37-38-39-42-45-48-51-54-57-64(68)66-62(61-73-75(70,71)72-60-59-67(4,5)6)63(56-53-50-47-44-41-27-24-21-18-15-12-9-3)74-65(69)58-55-52-49-46-43-40-29-26-23-20-17-14-11-8-2/h10,13,19,22,28,30,32-33,35-36,53,56,62-63H,7-9,11-12,14-18,20-21,23-27,29,31,34,37-52,54-55,57-61H2,1-6H3,(H-,66,68,70,71)/p+1/b13-10-,22-19-,30-28-,33-32-,36-35-,56-53-. The molecule has 75 heavy (non-hydrogen) atoms. The summed E-state index contributed by atoms with van der Waals surface area (Å²) in [6.07, 6.45) is 70.3. The van der Waals surface area contributed by atoms with Crippen molar-refractivity contribution in [1.29, 1.82) is 0 Å². The van der Waals surface area contributed by atoms with Crippen molar-refractivity contribution in [2.45, 2.75) is 290 Å². The molecule has 0 rings (SSSR count). The highest BCUT2D eigenvalue weighted by Crippen LogP contribution is 2.43. The fourth-order valence-electron chi connectivity index (χ4n) is 8.85. The van der Waals surface area contributed by atoms with Gasteiger partial charge in [0.1, 0.15) is 19.3 Å². The Balaban J connectivity index is 5.22. The largest absolute Gasteiger partial charge is 0.472 e. The summed E-state index contributed by atoms with van der Waals surface area (Å²) in [6.45, 7) is 6.90. The minimum absolute atomic E-state index is 0.0367. The monoisotopic (exact) mass is 1070 g/mol. The number of esters is 1. The summed E-state index contributed by atoms with van der Waals surface area (Å²) >= 11 is 0. The lowest BCUT2D eigenvalue weighted by Gasteiger charge is -2.27. The van der Waals surface area contributed by atoms with Crippen molar-refractivity contribution in [3.8, 4) is 0 Å². The molecule has 436 valence electrons. The third-order valence-electron chi connectivity index (χ3n) is 13.7. The van der Waals surface area contributed by atoms with Gasteiger partial charge in [-0.15, -0.1) is 0 Å². The van der Waals surface area contributed by atoms with E-state index in [1.54, 1.807) is 0 Å². The van der Waals surface area contributed by atoms with Gasteiger partial charge < -0.3 is 19.4 Å². The molecule has 3 atom stereocenters. The summed E-state index contributed by atoms with van der Waals surface area (Å²) in [7, 11) is 1.49. The molecule has 0 heterocycles. The van der Waals surface area contributed by atoms with Crippen molar-refractivity contribution in [3.05, 3.63) is 72.9 Å². The Bertz CT molecular complexity index is 1510. The number of carbonyl (C=O) groups is 2. The Labute approximate surface area is 463 Å². The van der Waals surface area contributed by atoms with Gasteiger partial charge in [0.15, 0.2) is 0 Å². The summed E-state index contributed by atoms with van der Waals surface area (Å²) < 4.78 is 30.7. The van der Waals surface area contributed by atoms with Gasteiger partial charge in [-0.05, 0) is 76.7 Å². The summed E-state index contributed by atoms with van der Waals surface area (Å²) in [4.78, 5) is 37.7. The second-order valence-electron chi connectivity index (χ2n) is 22.2. The van der Waals surface area contributed by atoms with E-state index in [-0.39, 0.29) is 25.1 Å². The number of quaternary nitrogens is 1. The minimum Gasteiger partial charge on any atom is -0.456 e. The van der Waals surface area contributed by atoms with Crippen LogP contribution in [0.1, 0.15) is 278 Å². The molecule has 3 unspecified atom stereocenters. The average molecular weight is 1070 g/mol. The number of carbonyl (C=O) groups excluding carboxylic acids is 2. The number of allylic oxidation sites excluding steroid dienone is 11. The van der Waals surface area contributed by atoms with Crippen LogP contribution < -0.4 is 5.32 Å². The van der Waals surface area contributed by atoms with Gasteiger partial charge in [-0.2, -0.15) is 0 Å². The van der Waals surface area contributed by atoms with Crippen LogP contribution in [0.2, 0.25) is 0 Å². The number of amides is 1. The van der Waals surface area contributed by atoms with Crippen LogP contribution in [0.5, 0.6) is 0 Å². The zero-order valence-electron chi connectivity index (χ0n) is 49.8. The van der Waals surface area contributed by atoms with Gasteiger partial charge in [0.2, 0.25) is 5.91 Å². The zero-order chi connectivity index (χ0) is 55.0. The molecule has 0 aromatic heterocycles. The molecule has 0 bridgehead atoms.